The maximum absolute atomic E-state index is 13.0. The van der Waals surface area contributed by atoms with Crippen LogP contribution in [0.5, 0.6) is 0 Å². The Morgan fingerprint density at radius 1 is 0.889 bits per heavy atom. The second-order valence-corrected chi connectivity index (χ2v) is 7.59. The van der Waals surface area contributed by atoms with Crippen molar-refractivity contribution < 1.29 is 14.3 Å². The van der Waals surface area contributed by atoms with E-state index in [4.69, 9.17) is 4.74 Å². The van der Waals surface area contributed by atoms with Gasteiger partial charge in [0.25, 0.3) is 0 Å². The number of anilines is 1. The van der Waals surface area contributed by atoms with Crippen molar-refractivity contribution in [2.75, 3.05) is 11.9 Å². The van der Waals surface area contributed by atoms with Gasteiger partial charge in [-0.25, -0.2) is 4.90 Å². The third kappa shape index (κ3) is 1.80. The number of carbonyl (C=O) groups excluding carboxylic acids is 2. The summed E-state index contributed by atoms with van der Waals surface area (Å²) < 4.78 is 5.73. The molecule has 0 aromatic heterocycles. The molecule has 5 atom stereocenters. The fraction of sp³-hybridized carbons (Fsp3) is 0.273. The average Bonchev–Trinajstić information content (AvgIpc) is 3.43. The van der Waals surface area contributed by atoms with Crippen molar-refractivity contribution in [3.05, 3.63) is 65.7 Å². The van der Waals surface area contributed by atoms with Crippen molar-refractivity contribution in [3.8, 4) is 11.1 Å². The summed E-state index contributed by atoms with van der Waals surface area (Å²) >= 11 is 0. The molecule has 0 radical (unpaired) electrons. The number of fused-ring (bicyclic) bond motifs is 8. The van der Waals surface area contributed by atoms with Crippen molar-refractivity contribution >= 4 is 17.5 Å². The third-order valence-electron chi connectivity index (χ3n) is 6.37. The van der Waals surface area contributed by atoms with Crippen LogP contribution in [0.4, 0.5) is 5.69 Å². The van der Waals surface area contributed by atoms with E-state index in [1.807, 2.05) is 49.5 Å². The quantitative estimate of drug-likeness (QED) is 0.662. The van der Waals surface area contributed by atoms with Gasteiger partial charge in [-0.1, -0.05) is 42.5 Å². The van der Waals surface area contributed by atoms with E-state index in [0.717, 1.165) is 11.1 Å². The molecule has 5 heteroatoms. The van der Waals surface area contributed by atoms with Crippen LogP contribution in [-0.4, -0.2) is 31.1 Å². The first kappa shape index (κ1) is 15.3. The summed E-state index contributed by atoms with van der Waals surface area (Å²) in [4.78, 5) is 27.4. The average molecular weight is 358 g/mol. The standard InChI is InChI=1S/C22H18N2O3/c1-23-20-13-5-3-2-4-12(13)15-10-11(6-7-14(15)20)24-21(25)18-16-8-9-17(27-16)19(18)22(24)26/h2-10,16-20,23H,1H3/t16?,17?,18-,19+,20?. The predicted octanol–water partition coefficient (Wildman–Crippen LogP) is 2.42. The monoisotopic (exact) mass is 358 g/mol. The van der Waals surface area contributed by atoms with E-state index in [9.17, 15) is 9.59 Å². The molecule has 0 spiro atoms. The Hall–Kier alpha value is -2.76. The fourth-order valence-corrected chi connectivity index (χ4v) is 5.20. The molecule has 0 saturated carbocycles. The van der Waals surface area contributed by atoms with Crippen LogP contribution >= 0.6 is 0 Å². The zero-order chi connectivity index (χ0) is 18.3. The van der Waals surface area contributed by atoms with Crippen LogP contribution < -0.4 is 10.2 Å². The third-order valence-corrected chi connectivity index (χ3v) is 6.37. The van der Waals surface area contributed by atoms with E-state index < -0.39 is 0 Å². The summed E-state index contributed by atoms with van der Waals surface area (Å²) in [5.74, 6) is -1.03. The number of amides is 2. The van der Waals surface area contributed by atoms with Crippen LogP contribution in [0.2, 0.25) is 0 Å². The van der Waals surface area contributed by atoms with E-state index >= 15 is 0 Å². The van der Waals surface area contributed by atoms with Gasteiger partial charge in [-0.3, -0.25) is 9.59 Å². The molecule has 3 unspecified atom stereocenters. The van der Waals surface area contributed by atoms with Gasteiger partial charge in [0.2, 0.25) is 11.8 Å². The lowest BCUT2D eigenvalue weighted by Gasteiger charge is -2.19. The van der Waals surface area contributed by atoms with E-state index in [2.05, 4.69) is 17.4 Å². The molecule has 3 heterocycles. The van der Waals surface area contributed by atoms with Crippen molar-refractivity contribution in [1.29, 1.82) is 0 Å². The van der Waals surface area contributed by atoms with Gasteiger partial charge in [-0.2, -0.15) is 0 Å². The van der Waals surface area contributed by atoms with Gasteiger partial charge in [0.15, 0.2) is 0 Å². The maximum Gasteiger partial charge on any atom is 0.240 e. The second kappa shape index (κ2) is 5.15. The molecule has 6 rings (SSSR count). The minimum atomic E-state index is -0.377. The molecule has 134 valence electrons. The summed E-state index contributed by atoms with van der Waals surface area (Å²) in [6.07, 6.45) is 3.31. The number of benzene rings is 2. The van der Waals surface area contributed by atoms with E-state index in [0.29, 0.717) is 5.69 Å². The number of nitrogens with zero attached hydrogens (tertiary/aromatic N) is 1. The topological polar surface area (TPSA) is 58.6 Å². The largest absolute Gasteiger partial charge is 0.365 e. The van der Waals surface area contributed by atoms with Gasteiger partial charge in [0.1, 0.15) is 0 Å². The van der Waals surface area contributed by atoms with Crippen molar-refractivity contribution in [1.82, 2.24) is 5.32 Å². The second-order valence-electron chi connectivity index (χ2n) is 7.59. The molecular weight excluding hydrogens is 340 g/mol. The molecule has 2 amide bonds. The predicted molar refractivity (Wildman–Crippen MR) is 100 cm³/mol. The van der Waals surface area contributed by atoms with Gasteiger partial charge in [0.05, 0.1) is 35.8 Å². The number of rotatable bonds is 2. The number of hydrogen-bond donors (Lipinski definition) is 1. The molecule has 27 heavy (non-hydrogen) atoms. The van der Waals surface area contributed by atoms with Gasteiger partial charge < -0.3 is 10.1 Å². The Morgan fingerprint density at radius 3 is 2.26 bits per heavy atom. The van der Waals surface area contributed by atoms with Gasteiger partial charge in [-0.15, -0.1) is 0 Å². The molecule has 1 N–H and O–H groups in total. The van der Waals surface area contributed by atoms with Crippen LogP contribution in [0.3, 0.4) is 0 Å². The lowest BCUT2D eigenvalue weighted by molar-refractivity contribution is -0.124. The Labute approximate surface area is 156 Å². The first-order valence-corrected chi connectivity index (χ1v) is 9.31. The first-order valence-electron chi connectivity index (χ1n) is 9.31. The Bertz CT molecular complexity index is 1010. The van der Waals surface area contributed by atoms with Crippen LogP contribution in [0, 0.1) is 11.8 Å². The number of hydrogen-bond acceptors (Lipinski definition) is 4. The van der Waals surface area contributed by atoms with Crippen LogP contribution in [0.1, 0.15) is 17.2 Å². The molecule has 2 bridgehead atoms. The van der Waals surface area contributed by atoms with Gasteiger partial charge in [0, 0.05) is 0 Å². The zero-order valence-electron chi connectivity index (χ0n) is 14.8. The molecule has 5 nitrogen and oxygen atoms in total. The molecule has 1 aliphatic carbocycles. The Balaban J connectivity index is 1.45. The minimum Gasteiger partial charge on any atom is -0.365 e. The minimum absolute atomic E-state index is 0.128. The molecule has 2 aromatic rings. The highest BCUT2D eigenvalue weighted by Crippen LogP contribution is 2.48. The lowest BCUT2D eigenvalue weighted by Crippen LogP contribution is -2.34. The van der Waals surface area contributed by atoms with E-state index in [1.54, 1.807) is 0 Å². The summed E-state index contributed by atoms with van der Waals surface area (Å²) in [7, 11) is 1.95. The highest BCUT2D eigenvalue weighted by Gasteiger charge is 2.61. The number of ether oxygens (including phenoxy) is 1. The molecule has 2 saturated heterocycles. The van der Waals surface area contributed by atoms with Crippen molar-refractivity contribution in [2.45, 2.75) is 18.2 Å². The zero-order valence-corrected chi connectivity index (χ0v) is 14.8. The number of nitrogens with one attached hydrogen (secondary N) is 1. The Kier molecular flexibility index (Phi) is 2.92. The smallest absolute Gasteiger partial charge is 0.240 e. The fourth-order valence-electron chi connectivity index (χ4n) is 5.20. The number of imide groups is 1. The van der Waals surface area contributed by atoms with Crippen LogP contribution in [-0.2, 0) is 14.3 Å². The highest BCUT2D eigenvalue weighted by atomic mass is 16.5. The van der Waals surface area contributed by atoms with Crippen molar-refractivity contribution in [2.24, 2.45) is 11.8 Å². The highest BCUT2D eigenvalue weighted by molar-refractivity contribution is 6.23. The van der Waals surface area contributed by atoms with Crippen LogP contribution in [0.25, 0.3) is 11.1 Å². The number of carbonyl (C=O) groups is 2. The van der Waals surface area contributed by atoms with E-state index in [-0.39, 0.29) is 41.9 Å². The summed E-state index contributed by atoms with van der Waals surface area (Å²) in [6, 6.07) is 14.3. The summed E-state index contributed by atoms with van der Waals surface area (Å²) in [5.41, 5.74) is 5.28. The molecule has 2 aromatic carbocycles. The van der Waals surface area contributed by atoms with Crippen molar-refractivity contribution in [3.63, 3.8) is 0 Å². The lowest BCUT2D eigenvalue weighted by atomic mass is 9.85. The van der Waals surface area contributed by atoms with Gasteiger partial charge >= 0.3 is 0 Å². The first-order chi connectivity index (χ1) is 13.2. The van der Waals surface area contributed by atoms with Crippen LogP contribution in [0.15, 0.2) is 54.6 Å². The van der Waals surface area contributed by atoms with E-state index in [1.165, 1.54) is 16.0 Å². The summed E-state index contributed by atoms with van der Waals surface area (Å²) in [6.45, 7) is 0. The molecular formula is C22H18N2O3. The molecule has 3 aliphatic heterocycles. The normalized spacial score (nSPS) is 32.2. The van der Waals surface area contributed by atoms with Gasteiger partial charge in [-0.05, 0) is 41.4 Å². The molecule has 4 aliphatic rings. The summed E-state index contributed by atoms with van der Waals surface area (Å²) in [5, 5.41) is 3.36. The Morgan fingerprint density at radius 2 is 1.56 bits per heavy atom. The molecule has 2 fully saturated rings. The SMILES string of the molecule is CNC1c2ccccc2-c2cc(N3C(=O)[C@@H]4C5C=CC(O5)[C@@H]4C3=O)ccc21. The maximum atomic E-state index is 13.0.